The zero-order valence-corrected chi connectivity index (χ0v) is 12.8. The highest BCUT2D eigenvalue weighted by atomic mass is 19.4. The van der Waals surface area contributed by atoms with Crippen LogP contribution in [0.2, 0.25) is 0 Å². The second kappa shape index (κ2) is 5.99. The van der Waals surface area contributed by atoms with Crippen molar-refractivity contribution >= 4 is 0 Å². The number of benzene rings is 2. The van der Waals surface area contributed by atoms with Crippen molar-refractivity contribution in [2.75, 3.05) is 0 Å². The number of fused-ring (bicyclic) bond motifs is 1. The topological polar surface area (TPSA) is 0 Å². The summed E-state index contributed by atoms with van der Waals surface area (Å²) < 4.78 is 52.1. The lowest BCUT2D eigenvalue weighted by molar-refractivity contribution is -0.140. The van der Waals surface area contributed by atoms with Crippen LogP contribution < -0.4 is 0 Å². The molecule has 1 unspecified atom stereocenters. The summed E-state index contributed by atoms with van der Waals surface area (Å²) in [5.41, 5.74) is 1.84. The summed E-state index contributed by atoms with van der Waals surface area (Å²) in [7, 11) is 0. The van der Waals surface area contributed by atoms with E-state index in [4.69, 9.17) is 0 Å². The minimum Gasteiger partial charge on any atom is -0.206 e. The lowest BCUT2D eigenvalue weighted by atomic mass is 9.73. The van der Waals surface area contributed by atoms with Crippen LogP contribution in [-0.2, 0) is 19.0 Å². The van der Waals surface area contributed by atoms with Crippen molar-refractivity contribution in [2.24, 2.45) is 5.92 Å². The van der Waals surface area contributed by atoms with Gasteiger partial charge in [0.1, 0.15) is 5.82 Å². The molecule has 3 rings (SSSR count). The van der Waals surface area contributed by atoms with Crippen molar-refractivity contribution in [2.45, 2.75) is 38.3 Å². The first-order valence-corrected chi connectivity index (χ1v) is 7.79. The van der Waals surface area contributed by atoms with Gasteiger partial charge in [0.25, 0.3) is 0 Å². The van der Waals surface area contributed by atoms with Crippen LogP contribution >= 0.6 is 0 Å². The fourth-order valence-electron chi connectivity index (χ4n) is 3.50. The lowest BCUT2D eigenvalue weighted by Crippen LogP contribution is -2.20. The van der Waals surface area contributed by atoms with E-state index < -0.39 is 17.6 Å². The van der Waals surface area contributed by atoms with E-state index in [-0.39, 0.29) is 5.92 Å². The van der Waals surface area contributed by atoms with Crippen molar-refractivity contribution in [3.63, 3.8) is 0 Å². The summed E-state index contributed by atoms with van der Waals surface area (Å²) in [6.07, 6.45) is -2.13. The summed E-state index contributed by atoms with van der Waals surface area (Å²) in [5.74, 6) is -0.644. The lowest BCUT2D eigenvalue weighted by Gasteiger charge is -2.31. The molecule has 0 amide bonds. The highest BCUT2D eigenvalue weighted by Crippen LogP contribution is 2.39. The molecule has 0 aromatic heterocycles. The Labute approximate surface area is 133 Å². The van der Waals surface area contributed by atoms with Gasteiger partial charge >= 0.3 is 6.18 Å². The molecule has 0 spiro atoms. The summed E-state index contributed by atoms with van der Waals surface area (Å²) in [6, 6.07) is 11.5. The van der Waals surface area contributed by atoms with Gasteiger partial charge in [-0.2, -0.15) is 13.2 Å². The maximum Gasteiger partial charge on any atom is 0.419 e. The Morgan fingerprint density at radius 2 is 1.83 bits per heavy atom. The minimum atomic E-state index is -4.66. The van der Waals surface area contributed by atoms with Gasteiger partial charge in [-0.05, 0) is 59.9 Å². The highest BCUT2D eigenvalue weighted by molar-refractivity contribution is 5.36. The monoisotopic (exact) mass is 322 g/mol. The molecule has 122 valence electrons. The number of hydrogen-bond donors (Lipinski definition) is 0. The van der Waals surface area contributed by atoms with Crippen molar-refractivity contribution in [3.8, 4) is 0 Å². The van der Waals surface area contributed by atoms with Crippen molar-refractivity contribution in [1.29, 1.82) is 0 Å². The predicted octanol–water partition coefficient (Wildman–Crippen LogP) is 5.75. The Bertz CT molecular complexity index is 703. The Kier molecular flexibility index (Phi) is 4.17. The third kappa shape index (κ3) is 3.26. The number of rotatable bonds is 2. The van der Waals surface area contributed by atoms with Crippen LogP contribution in [0.25, 0.3) is 0 Å². The second-order valence-electron chi connectivity index (χ2n) is 6.34. The molecule has 4 heteroatoms. The Balaban J connectivity index is 1.93. The van der Waals surface area contributed by atoms with Crippen LogP contribution in [0, 0.1) is 11.7 Å². The second-order valence-corrected chi connectivity index (χ2v) is 6.34. The molecule has 0 heterocycles. The fourth-order valence-corrected chi connectivity index (χ4v) is 3.50. The van der Waals surface area contributed by atoms with Crippen LogP contribution in [0.15, 0.2) is 42.5 Å². The summed E-state index contributed by atoms with van der Waals surface area (Å²) >= 11 is 0. The molecule has 1 aliphatic rings. The van der Waals surface area contributed by atoms with Gasteiger partial charge in [0, 0.05) is 0 Å². The maximum absolute atomic E-state index is 13.4. The van der Waals surface area contributed by atoms with Crippen LogP contribution in [-0.4, -0.2) is 0 Å². The molecule has 23 heavy (non-hydrogen) atoms. The molecule has 0 aliphatic heterocycles. The van der Waals surface area contributed by atoms with Gasteiger partial charge in [-0.25, -0.2) is 4.39 Å². The van der Waals surface area contributed by atoms with Crippen LogP contribution in [0.4, 0.5) is 17.6 Å². The average molecular weight is 322 g/mol. The standard InChI is InChI=1S/C19H18F4/c1-12-6-8-14-4-2-3-5-15(14)16(12)10-13-7-9-18(20)17(11-13)19(21,22)23/h2-5,7,9,11-12,16H,6,8,10H2,1H3/t12?,16-/m1/s1. The molecule has 2 aromatic carbocycles. The van der Waals surface area contributed by atoms with E-state index in [1.54, 1.807) is 0 Å². The molecular weight excluding hydrogens is 304 g/mol. The SMILES string of the molecule is CC1CCc2ccccc2[C@@H]1Cc1ccc(F)c(C(F)(F)F)c1. The van der Waals surface area contributed by atoms with Gasteiger partial charge in [-0.3, -0.25) is 0 Å². The predicted molar refractivity (Wildman–Crippen MR) is 81.8 cm³/mol. The minimum absolute atomic E-state index is 0.173. The normalized spacial score (nSPS) is 21.1. The van der Waals surface area contributed by atoms with Gasteiger partial charge < -0.3 is 0 Å². The zero-order valence-electron chi connectivity index (χ0n) is 12.8. The van der Waals surface area contributed by atoms with E-state index in [2.05, 4.69) is 19.1 Å². The van der Waals surface area contributed by atoms with Gasteiger partial charge in [0.2, 0.25) is 0 Å². The number of alkyl halides is 3. The molecule has 2 aromatic rings. The quantitative estimate of drug-likeness (QED) is 0.617. The largest absolute Gasteiger partial charge is 0.419 e. The molecule has 1 aliphatic carbocycles. The summed E-state index contributed by atoms with van der Waals surface area (Å²) in [4.78, 5) is 0. The van der Waals surface area contributed by atoms with Crippen molar-refractivity contribution in [3.05, 3.63) is 70.5 Å². The molecule has 0 fully saturated rings. The van der Waals surface area contributed by atoms with Crippen molar-refractivity contribution < 1.29 is 17.6 Å². The molecule has 0 saturated carbocycles. The van der Waals surface area contributed by atoms with Gasteiger partial charge in [0.15, 0.2) is 0 Å². The van der Waals surface area contributed by atoms with Crippen LogP contribution in [0.5, 0.6) is 0 Å². The fraction of sp³-hybridized carbons (Fsp3) is 0.368. The smallest absolute Gasteiger partial charge is 0.206 e. The first kappa shape index (κ1) is 16.0. The molecule has 0 radical (unpaired) electrons. The van der Waals surface area contributed by atoms with Gasteiger partial charge in [-0.1, -0.05) is 37.3 Å². The highest BCUT2D eigenvalue weighted by Gasteiger charge is 2.34. The summed E-state index contributed by atoms with van der Waals surface area (Å²) in [5, 5.41) is 0. The van der Waals surface area contributed by atoms with E-state index in [0.717, 1.165) is 25.0 Å². The number of hydrogen-bond acceptors (Lipinski definition) is 0. The Hall–Kier alpha value is -1.84. The molecule has 2 atom stereocenters. The van der Waals surface area contributed by atoms with E-state index in [1.165, 1.54) is 17.2 Å². The van der Waals surface area contributed by atoms with Gasteiger partial charge in [-0.15, -0.1) is 0 Å². The van der Waals surface area contributed by atoms with Gasteiger partial charge in [0.05, 0.1) is 5.56 Å². The zero-order chi connectivity index (χ0) is 16.6. The Morgan fingerprint density at radius 1 is 1.09 bits per heavy atom. The maximum atomic E-state index is 13.4. The first-order valence-electron chi connectivity index (χ1n) is 7.79. The summed E-state index contributed by atoms with van der Waals surface area (Å²) in [6.45, 7) is 2.13. The van der Waals surface area contributed by atoms with Crippen molar-refractivity contribution in [1.82, 2.24) is 0 Å². The molecule has 0 bridgehead atoms. The van der Waals surface area contributed by atoms with E-state index >= 15 is 0 Å². The molecule has 0 nitrogen and oxygen atoms in total. The van der Waals surface area contributed by atoms with E-state index in [9.17, 15) is 17.6 Å². The van der Waals surface area contributed by atoms with E-state index in [1.807, 2.05) is 12.1 Å². The molecule has 0 saturated heterocycles. The van der Waals surface area contributed by atoms with Crippen LogP contribution in [0.1, 0.15) is 41.5 Å². The first-order chi connectivity index (χ1) is 10.9. The van der Waals surface area contributed by atoms with E-state index in [0.29, 0.717) is 17.9 Å². The average Bonchev–Trinajstić information content (AvgIpc) is 2.50. The number of aryl methyl sites for hydroxylation is 1. The molecule has 0 N–H and O–H groups in total. The van der Waals surface area contributed by atoms with Crippen LogP contribution in [0.3, 0.4) is 0 Å². The number of halogens is 4. The third-order valence-electron chi connectivity index (χ3n) is 4.80. The Morgan fingerprint density at radius 3 is 2.57 bits per heavy atom. The third-order valence-corrected chi connectivity index (χ3v) is 4.80. The molecular formula is C19H18F4.